The van der Waals surface area contributed by atoms with Crippen LogP contribution < -0.4 is 5.32 Å². The molecule has 2 atom stereocenters. The van der Waals surface area contributed by atoms with E-state index in [9.17, 15) is 14.3 Å². The molecular formula is C20H19INO3PS. The van der Waals surface area contributed by atoms with Gasteiger partial charge in [0.15, 0.2) is 0 Å². The van der Waals surface area contributed by atoms with Gasteiger partial charge in [-0.3, -0.25) is 9.36 Å². The minimum atomic E-state index is -3.70. The summed E-state index contributed by atoms with van der Waals surface area (Å²) < 4.78 is 14.6. The van der Waals surface area contributed by atoms with Crippen LogP contribution in [0.25, 0.3) is 16.2 Å². The lowest BCUT2D eigenvalue weighted by Gasteiger charge is -2.18. The molecule has 4 nitrogen and oxygen atoms in total. The second-order valence-corrected chi connectivity index (χ2v) is 11.0. The molecule has 0 aliphatic carbocycles. The Morgan fingerprint density at radius 1 is 1.30 bits per heavy atom. The van der Waals surface area contributed by atoms with Crippen LogP contribution in [-0.2, 0) is 9.36 Å². The summed E-state index contributed by atoms with van der Waals surface area (Å²) in [6.07, 6.45) is 3.29. The molecular weight excluding hydrogens is 488 g/mol. The summed E-state index contributed by atoms with van der Waals surface area (Å²) in [6, 6.07) is 13.7. The maximum atomic E-state index is 12.8. The highest BCUT2D eigenvalue weighted by molar-refractivity contribution is 14.1. The fraction of sp³-hybridized carbons (Fsp3) is 0.150. The van der Waals surface area contributed by atoms with Crippen molar-refractivity contribution in [2.45, 2.75) is 12.6 Å². The molecule has 1 amide bonds. The quantitative estimate of drug-likeness (QED) is 0.352. The van der Waals surface area contributed by atoms with Gasteiger partial charge in [0.1, 0.15) is 5.66 Å². The first-order chi connectivity index (χ1) is 12.8. The minimum Gasteiger partial charge on any atom is -0.344 e. The Hall–Kier alpha value is -1.47. The molecule has 0 aliphatic rings. The van der Waals surface area contributed by atoms with Crippen LogP contribution in [0.2, 0.25) is 0 Å². The highest BCUT2D eigenvalue weighted by Gasteiger charge is 2.35. The number of halogens is 1. The lowest BCUT2D eigenvalue weighted by molar-refractivity contribution is -0.120. The van der Waals surface area contributed by atoms with Crippen molar-refractivity contribution in [3.05, 3.63) is 74.3 Å². The summed E-state index contributed by atoms with van der Waals surface area (Å²) in [7, 11) is -3.70. The molecule has 0 fully saturated rings. The van der Waals surface area contributed by atoms with Crippen molar-refractivity contribution in [2.24, 2.45) is 0 Å². The van der Waals surface area contributed by atoms with Gasteiger partial charge in [-0.1, -0.05) is 29.8 Å². The van der Waals surface area contributed by atoms with E-state index < -0.39 is 18.9 Å². The zero-order chi connectivity index (χ0) is 19.6. The SMILES string of the molecule is Cc1ccc2scc(C(C(=O)N/C=C/c3cccc([123I])c3)P(C)(=O)O)c2c1. The third-order valence-corrected chi connectivity index (χ3v) is 7.25. The molecule has 2 N–H and O–H groups in total. The molecule has 0 saturated heterocycles. The van der Waals surface area contributed by atoms with Gasteiger partial charge in [0.05, 0.1) is 0 Å². The molecule has 2 unspecified atom stereocenters. The molecule has 0 aliphatic heterocycles. The number of carbonyl (C=O) groups excluding carboxylic acids is 1. The molecule has 1 heterocycles. The van der Waals surface area contributed by atoms with Gasteiger partial charge in [-0.05, 0) is 75.7 Å². The van der Waals surface area contributed by atoms with Crippen LogP contribution in [0.3, 0.4) is 0 Å². The number of carbonyl (C=O) groups is 1. The number of rotatable bonds is 5. The Kier molecular flexibility index (Phi) is 6.21. The average molecular weight is 507 g/mol. The van der Waals surface area contributed by atoms with Gasteiger partial charge in [0.2, 0.25) is 13.3 Å². The zero-order valence-corrected chi connectivity index (χ0v) is 18.7. The summed E-state index contributed by atoms with van der Waals surface area (Å²) in [5.41, 5.74) is 1.49. The summed E-state index contributed by atoms with van der Waals surface area (Å²) in [5, 5.41) is 5.34. The predicted octanol–water partition coefficient (Wildman–Crippen LogP) is 5.54. The van der Waals surface area contributed by atoms with E-state index in [1.807, 2.05) is 54.8 Å². The van der Waals surface area contributed by atoms with E-state index in [0.717, 1.165) is 24.8 Å². The first kappa shape index (κ1) is 20.3. The Bertz CT molecular complexity index is 1070. The average Bonchev–Trinajstić information content (AvgIpc) is 2.96. The van der Waals surface area contributed by atoms with Gasteiger partial charge >= 0.3 is 0 Å². The Morgan fingerprint density at radius 2 is 2.07 bits per heavy atom. The number of benzene rings is 2. The highest BCUT2D eigenvalue weighted by atomic mass is 123. The topological polar surface area (TPSA) is 66.4 Å². The standard InChI is InChI=1S/C20H19INO3PS/c1-13-6-7-18-16(10-13)17(12-27-18)19(26(2,24)25)20(23)22-9-8-14-4-3-5-15(21)11-14/h3-12,19H,1-2H3,(H,22,23)(H,24,25)/b9-8+/i21-4. The number of nitrogens with one attached hydrogen (secondary N) is 1. The zero-order valence-electron chi connectivity index (χ0n) is 14.8. The van der Waals surface area contributed by atoms with Gasteiger partial charge < -0.3 is 10.2 Å². The van der Waals surface area contributed by atoms with Gasteiger partial charge in [-0.15, -0.1) is 11.3 Å². The predicted molar refractivity (Wildman–Crippen MR) is 121 cm³/mol. The lowest BCUT2D eigenvalue weighted by Crippen LogP contribution is -2.25. The molecule has 140 valence electrons. The van der Waals surface area contributed by atoms with Crippen molar-refractivity contribution in [1.29, 1.82) is 0 Å². The smallest absolute Gasteiger partial charge is 0.241 e. The number of amides is 1. The summed E-state index contributed by atoms with van der Waals surface area (Å²) in [5.74, 6) is -0.480. The number of hydrogen-bond acceptors (Lipinski definition) is 3. The molecule has 0 radical (unpaired) electrons. The van der Waals surface area contributed by atoms with E-state index in [-0.39, 0.29) is 0 Å². The molecule has 0 spiro atoms. The summed E-state index contributed by atoms with van der Waals surface area (Å²) in [4.78, 5) is 23.1. The van der Waals surface area contributed by atoms with Crippen LogP contribution in [0.1, 0.15) is 22.3 Å². The van der Waals surface area contributed by atoms with Crippen LogP contribution in [-0.4, -0.2) is 17.5 Å². The number of aryl methyl sites for hydroxylation is 1. The molecule has 7 heteroatoms. The molecule has 3 rings (SSSR count). The first-order valence-electron chi connectivity index (χ1n) is 8.26. The largest absolute Gasteiger partial charge is 0.344 e. The third kappa shape index (κ3) is 4.88. The van der Waals surface area contributed by atoms with Crippen LogP contribution in [0.4, 0.5) is 0 Å². The molecule has 3 aromatic rings. The monoisotopic (exact) mass is 507 g/mol. The van der Waals surface area contributed by atoms with E-state index in [2.05, 4.69) is 27.9 Å². The Labute approximate surface area is 175 Å². The third-order valence-electron chi connectivity index (χ3n) is 4.13. The van der Waals surface area contributed by atoms with E-state index in [4.69, 9.17) is 0 Å². The van der Waals surface area contributed by atoms with E-state index >= 15 is 0 Å². The second kappa shape index (κ2) is 8.27. The van der Waals surface area contributed by atoms with Gasteiger partial charge in [0.25, 0.3) is 0 Å². The van der Waals surface area contributed by atoms with Crippen molar-refractivity contribution in [2.75, 3.05) is 6.66 Å². The van der Waals surface area contributed by atoms with Gasteiger partial charge in [-0.2, -0.15) is 0 Å². The number of hydrogen-bond donors (Lipinski definition) is 2. The van der Waals surface area contributed by atoms with Crippen LogP contribution in [0, 0.1) is 10.5 Å². The highest BCUT2D eigenvalue weighted by Crippen LogP contribution is 2.54. The van der Waals surface area contributed by atoms with Crippen molar-refractivity contribution >= 4 is 63.4 Å². The number of thiophene rings is 1. The van der Waals surface area contributed by atoms with E-state index in [1.165, 1.54) is 24.2 Å². The van der Waals surface area contributed by atoms with Crippen molar-refractivity contribution in [1.82, 2.24) is 5.32 Å². The van der Waals surface area contributed by atoms with Gasteiger partial charge in [-0.25, -0.2) is 0 Å². The normalized spacial score (nSPS) is 15.0. The maximum Gasteiger partial charge on any atom is 0.241 e. The van der Waals surface area contributed by atoms with Crippen LogP contribution in [0.5, 0.6) is 0 Å². The summed E-state index contributed by atoms with van der Waals surface area (Å²) in [6.45, 7) is 3.20. The molecule has 2 aromatic carbocycles. The Morgan fingerprint density at radius 3 is 2.78 bits per heavy atom. The Balaban J connectivity index is 1.89. The number of fused-ring (bicyclic) bond motifs is 1. The van der Waals surface area contributed by atoms with E-state index in [0.29, 0.717) is 5.56 Å². The lowest BCUT2D eigenvalue weighted by atomic mass is 10.1. The minimum absolute atomic E-state index is 0.480. The fourth-order valence-corrected chi connectivity index (χ4v) is 5.78. The first-order valence-corrected chi connectivity index (χ1v) is 12.4. The maximum absolute atomic E-state index is 12.8. The fourth-order valence-electron chi connectivity index (χ4n) is 2.90. The van der Waals surface area contributed by atoms with Crippen LogP contribution >= 0.6 is 41.3 Å². The van der Waals surface area contributed by atoms with Crippen molar-refractivity contribution in [3.63, 3.8) is 0 Å². The van der Waals surface area contributed by atoms with Crippen molar-refractivity contribution < 1.29 is 14.3 Å². The molecule has 0 saturated carbocycles. The summed E-state index contributed by atoms with van der Waals surface area (Å²) >= 11 is 3.69. The molecule has 1 aromatic heterocycles. The van der Waals surface area contributed by atoms with Crippen molar-refractivity contribution in [3.8, 4) is 0 Å². The van der Waals surface area contributed by atoms with Crippen LogP contribution in [0.15, 0.2) is 54.0 Å². The molecule has 0 bridgehead atoms. The second-order valence-electron chi connectivity index (χ2n) is 6.43. The van der Waals surface area contributed by atoms with E-state index in [1.54, 1.807) is 6.08 Å². The van der Waals surface area contributed by atoms with Gasteiger partial charge in [0, 0.05) is 21.1 Å². The molecule has 27 heavy (non-hydrogen) atoms.